The molecule has 14 heavy (non-hydrogen) atoms. The van der Waals surface area contributed by atoms with Gasteiger partial charge in [-0.2, -0.15) is 0 Å². The van der Waals surface area contributed by atoms with Crippen LogP contribution in [0.25, 0.3) is 6.08 Å². The van der Waals surface area contributed by atoms with Crippen LogP contribution in [0.3, 0.4) is 0 Å². The summed E-state index contributed by atoms with van der Waals surface area (Å²) < 4.78 is 10.2. The van der Waals surface area contributed by atoms with Gasteiger partial charge in [-0.15, -0.1) is 0 Å². The molecule has 0 aliphatic rings. The van der Waals surface area contributed by atoms with Crippen LogP contribution in [0.4, 0.5) is 0 Å². The van der Waals surface area contributed by atoms with Gasteiger partial charge in [0.15, 0.2) is 0 Å². The number of ether oxygens (including phenoxy) is 2. The number of hydrogen-bond acceptors (Lipinski definition) is 2. The van der Waals surface area contributed by atoms with Gasteiger partial charge in [-0.05, 0) is 22.8 Å². The maximum absolute atomic E-state index is 5.09. The van der Waals surface area contributed by atoms with Crippen LogP contribution in [0, 0.1) is 0 Å². The van der Waals surface area contributed by atoms with E-state index in [9.17, 15) is 0 Å². The Bertz CT molecular complexity index is 305. The highest BCUT2D eigenvalue weighted by atomic mass is 16.5. The molecule has 1 aromatic rings. The monoisotopic (exact) mass is 192 g/mol. The lowest BCUT2D eigenvalue weighted by Crippen LogP contribution is -1.94. The van der Waals surface area contributed by atoms with Gasteiger partial charge < -0.3 is 9.47 Å². The van der Waals surface area contributed by atoms with Crippen LogP contribution in [0.1, 0.15) is 16.7 Å². The predicted molar refractivity (Wildman–Crippen MR) is 58.0 cm³/mol. The molecule has 0 aliphatic heterocycles. The second-order valence-electron chi connectivity index (χ2n) is 3.10. The zero-order valence-corrected chi connectivity index (χ0v) is 8.75. The highest BCUT2D eigenvalue weighted by Crippen LogP contribution is 2.15. The number of methoxy groups -OCH3 is 2. The van der Waals surface area contributed by atoms with Crippen LogP contribution in [0.5, 0.6) is 0 Å². The molecule has 0 saturated carbocycles. The highest BCUT2D eigenvalue weighted by molar-refractivity contribution is 5.53. The Balaban J connectivity index is 2.92. The van der Waals surface area contributed by atoms with E-state index in [2.05, 4.69) is 18.7 Å². The zero-order valence-electron chi connectivity index (χ0n) is 8.75. The van der Waals surface area contributed by atoms with E-state index in [4.69, 9.17) is 9.47 Å². The van der Waals surface area contributed by atoms with E-state index in [1.54, 1.807) is 14.2 Å². The fourth-order valence-corrected chi connectivity index (χ4v) is 1.38. The molecule has 0 aromatic heterocycles. The minimum atomic E-state index is 0.620. The third-order valence-corrected chi connectivity index (χ3v) is 2.04. The van der Waals surface area contributed by atoms with E-state index < -0.39 is 0 Å². The van der Waals surface area contributed by atoms with Gasteiger partial charge in [-0.1, -0.05) is 24.8 Å². The van der Waals surface area contributed by atoms with E-state index in [0.717, 1.165) is 16.7 Å². The summed E-state index contributed by atoms with van der Waals surface area (Å²) in [4.78, 5) is 0. The Kier molecular flexibility index (Phi) is 4.36. The van der Waals surface area contributed by atoms with Gasteiger partial charge in [0.1, 0.15) is 0 Å². The molecule has 0 heterocycles. The Morgan fingerprint density at radius 3 is 2.50 bits per heavy atom. The first-order valence-electron chi connectivity index (χ1n) is 4.54. The van der Waals surface area contributed by atoms with E-state index in [-0.39, 0.29) is 0 Å². The minimum absolute atomic E-state index is 0.620. The lowest BCUT2D eigenvalue weighted by Gasteiger charge is -2.07. The van der Waals surface area contributed by atoms with Crippen LogP contribution in [-0.2, 0) is 22.7 Å². The van der Waals surface area contributed by atoms with Gasteiger partial charge in [0, 0.05) is 14.2 Å². The summed E-state index contributed by atoms with van der Waals surface area (Å²) in [6, 6.07) is 6.17. The molecule has 0 radical (unpaired) electrons. The molecular weight excluding hydrogens is 176 g/mol. The third kappa shape index (κ3) is 2.69. The SMILES string of the molecule is C=Cc1cc(COC)ccc1COC. The Labute approximate surface area is 85.2 Å². The quantitative estimate of drug-likeness (QED) is 0.714. The first kappa shape index (κ1) is 11.0. The molecule has 2 nitrogen and oxygen atoms in total. The molecule has 0 amide bonds. The largest absolute Gasteiger partial charge is 0.380 e. The summed E-state index contributed by atoms with van der Waals surface area (Å²) in [7, 11) is 3.38. The second-order valence-corrected chi connectivity index (χ2v) is 3.10. The topological polar surface area (TPSA) is 18.5 Å². The third-order valence-electron chi connectivity index (χ3n) is 2.04. The molecule has 0 aliphatic carbocycles. The molecule has 0 atom stereocenters. The molecule has 1 rings (SSSR count). The van der Waals surface area contributed by atoms with Gasteiger partial charge in [-0.3, -0.25) is 0 Å². The van der Waals surface area contributed by atoms with Crippen molar-refractivity contribution in [2.75, 3.05) is 14.2 Å². The van der Waals surface area contributed by atoms with Gasteiger partial charge in [0.25, 0.3) is 0 Å². The summed E-state index contributed by atoms with van der Waals surface area (Å²) in [6.07, 6.45) is 1.84. The summed E-state index contributed by atoms with van der Waals surface area (Å²) in [5, 5.41) is 0. The van der Waals surface area contributed by atoms with Crippen LogP contribution in [-0.4, -0.2) is 14.2 Å². The number of hydrogen-bond donors (Lipinski definition) is 0. The van der Waals surface area contributed by atoms with Crippen molar-refractivity contribution < 1.29 is 9.47 Å². The minimum Gasteiger partial charge on any atom is -0.380 e. The first-order chi connectivity index (χ1) is 6.81. The lowest BCUT2D eigenvalue weighted by atomic mass is 10.0. The maximum atomic E-state index is 5.09. The molecule has 0 fully saturated rings. The van der Waals surface area contributed by atoms with Crippen molar-refractivity contribution in [1.29, 1.82) is 0 Å². The standard InChI is InChI=1S/C12H16O2/c1-4-11-7-10(8-13-2)5-6-12(11)9-14-3/h4-7H,1,8-9H2,2-3H3. The van der Waals surface area contributed by atoms with Gasteiger partial charge >= 0.3 is 0 Å². The number of rotatable bonds is 5. The van der Waals surface area contributed by atoms with Crippen molar-refractivity contribution in [2.24, 2.45) is 0 Å². The highest BCUT2D eigenvalue weighted by Gasteiger charge is 2.00. The van der Waals surface area contributed by atoms with Gasteiger partial charge in [-0.25, -0.2) is 0 Å². The number of benzene rings is 1. The molecular formula is C12H16O2. The van der Waals surface area contributed by atoms with Crippen molar-refractivity contribution in [2.45, 2.75) is 13.2 Å². The van der Waals surface area contributed by atoms with Crippen LogP contribution in [0.2, 0.25) is 0 Å². The molecule has 76 valence electrons. The van der Waals surface area contributed by atoms with E-state index in [0.29, 0.717) is 13.2 Å². The summed E-state index contributed by atoms with van der Waals surface area (Å²) >= 11 is 0. The Morgan fingerprint density at radius 1 is 1.21 bits per heavy atom. The van der Waals surface area contributed by atoms with Gasteiger partial charge in [0.2, 0.25) is 0 Å². The van der Waals surface area contributed by atoms with Gasteiger partial charge in [0.05, 0.1) is 13.2 Å². The Hall–Kier alpha value is -1.12. The van der Waals surface area contributed by atoms with Crippen molar-refractivity contribution in [3.8, 4) is 0 Å². The summed E-state index contributed by atoms with van der Waals surface area (Å²) in [5.41, 5.74) is 3.42. The summed E-state index contributed by atoms with van der Waals surface area (Å²) in [6.45, 7) is 5.03. The van der Waals surface area contributed by atoms with Crippen molar-refractivity contribution in [3.63, 3.8) is 0 Å². The fraction of sp³-hybridized carbons (Fsp3) is 0.333. The molecule has 0 bridgehead atoms. The van der Waals surface area contributed by atoms with Crippen molar-refractivity contribution in [3.05, 3.63) is 41.5 Å². The molecule has 0 saturated heterocycles. The second kappa shape index (κ2) is 5.58. The molecule has 2 heteroatoms. The average molecular weight is 192 g/mol. The van der Waals surface area contributed by atoms with Crippen molar-refractivity contribution in [1.82, 2.24) is 0 Å². The molecule has 0 spiro atoms. The van der Waals surface area contributed by atoms with Crippen LogP contribution < -0.4 is 0 Å². The molecule has 0 N–H and O–H groups in total. The maximum Gasteiger partial charge on any atom is 0.0718 e. The average Bonchev–Trinajstić information content (AvgIpc) is 2.21. The fourth-order valence-electron chi connectivity index (χ4n) is 1.38. The van der Waals surface area contributed by atoms with E-state index in [1.807, 2.05) is 12.1 Å². The lowest BCUT2D eigenvalue weighted by molar-refractivity contribution is 0.182. The van der Waals surface area contributed by atoms with E-state index in [1.165, 1.54) is 0 Å². The first-order valence-corrected chi connectivity index (χ1v) is 4.54. The molecule has 1 aromatic carbocycles. The van der Waals surface area contributed by atoms with Crippen molar-refractivity contribution >= 4 is 6.08 Å². The van der Waals surface area contributed by atoms with Crippen LogP contribution >= 0.6 is 0 Å². The normalized spacial score (nSPS) is 10.1. The molecule has 0 unspecified atom stereocenters. The van der Waals surface area contributed by atoms with E-state index >= 15 is 0 Å². The zero-order chi connectivity index (χ0) is 10.4. The van der Waals surface area contributed by atoms with Crippen LogP contribution in [0.15, 0.2) is 24.8 Å². The summed E-state index contributed by atoms with van der Waals surface area (Å²) in [5.74, 6) is 0. The predicted octanol–water partition coefficient (Wildman–Crippen LogP) is 2.62. The smallest absolute Gasteiger partial charge is 0.0718 e. The Morgan fingerprint density at radius 2 is 1.93 bits per heavy atom.